The molecule has 0 amide bonds. The van der Waals surface area contributed by atoms with Crippen LogP contribution in [0.15, 0.2) is 47.4 Å². The van der Waals surface area contributed by atoms with E-state index >= 15 is 0 Å². The molecule has 3 aliphatic rings. The number of nitrogens with zero attached hydrogens (tertiary/aromatic N) is 6. The van der Waals surface area contributed by atoms with Crippen molar-refractivity contribution in [2.75, 3.05) is 37.7 Å². The molecule has 3 aromatic heterocycles. The largest absolute Gasteiger partial charge is 0.406 e. The van der Waals surface area contributed by atoms with Gasteiger partial charge in [0.1, 0.15) is 18.1 Å². The molecule has 7 rings (SSSR count). The van der Waals surface area contributed by atoms with Crippen LogP contribution >= 0.6 is 0 Å². The van der Waals surface area contributed by atoms with Gasteiger partial charge in [-0.15, -0.1) is 0 Å². The Morgan fingerprint density at radius 1 is 0.951 bits per heavy atom. The highest BCUT2D eigenvalue weighted by Crippen LogP contribution is 2.38. The maximum Gasteiger partial charge on any atom is 0.406 e. The first-order valence-electron chi connectivity index (χ1n) is 14.6. The highest BCUT2D eigenvalue weighted by Gasteiger charge is 2.34. The number of alkyl halides is 3. The van der Waals surface area contributed by atoms with E-state index in [-0.39, 0.29) is 10.9 Å². The molecule has 216 valence electrons. The van der Waals surface area contributed by atoms with E-state index in [0.29, 0.717) is 47.0 Å². The summed E-state index contributed by atoms with van der Waals surface area (Å²) in [6.45, 7) is 2.73. The van der Waals surface area contributed by atoms with E-state index in [9.17, 15) is 18.0 Å². The zero-order valence-electron chi connectivity index (χ0n) is 22.8. The molecule has 8 nitrogen and oxygen atoms in total. The monoisotopic (exact) mass is 566 g/mol. The molecular formula is C30H33F3N6O2. The minimum atomic E-state index is -4.57. The summed E-state index contributed by atoms with van der Waals surface area (Å²) >= 11 is 0. The van der Waals surface area contributed by atoms with Crippen molar-refractivity contribution in [1.82, 2.24) is 24.2 Å². The van der Waals surface area contributed by atoms with E-state index in [2.05, 4.69) is 9.80 Å². The topological polar surface area (TPSA) is 68.4 Å². The summed E-state index contributed by atoms with van der Waals surface area (Å²) in [5.74, 6) is 0.705. The molecule has 2 saturated heterocycles. The Morgan fingerprint density at radius 2 is 1.80 bits per heavy atom. The van der Waals surface area contributed by atoms with E-state index in [1.54, 1.807) is 41.2 Å². The summed E-state index contributed by atoms with van der Waals surface area (Å²) in [6, 6.07) is 11.1. The third-order valence-electron chi connectivity index (χ3n) is 8.52. The number of ether oxygens (including phenoxy) is 1. The first-order valence-corrected chi connectivity index (χ1v) is 14.6. The lowest BCUT2D eigenvalue weighted by molar-refractivity contribution is -0.140. The number of para-hydroxylation sites is 1. The fraction of sp³-hybridized carbons (Fsp3) is 0.500. The van der Waals surface area contributed by atoms with Gasteiger partial charge in [-0.1, -0.05) is 18.2 Å². The van der Waals surface area contributed by atoms with Crippen LogP contribution in [-0.4, -0.2) is 69.2 Å². The Morgan fingerprint density at radius 3 is 2.59 bits per heavy atom. The normalized spacial score (nSPS) is 21.0. The standard InChI is InChI=1S/C30H33F3N6O2/c31-30(32,33)19-38-23-9-2-1-7-21(23)27-25(29(38)40)26(35-39(27)24-10-3-4-18-41-24)22-8-5-13-34-28(22)37-15-6-14-36(16-17-37)20-11-12-20/h1-2,5,7-9,13,20,24H,3-4,6,10-12,14-19H2. The molecule has 0 bridgehead atoms. The van der Waals surface area contributed by atoms with Gasteiger partial charge in [-0.2, -0.15) is 18.3 Å². The van der Waals surface area contributed by atoms with E-state index in [1.807, 2.05) is 6.07 Å². The summed E-state index contributed by atoms with van der Waals surface area (Å²) < 4.78 is 50.0. The minimum absolute atomic E-state index is 0.172. The van der Waals surface area contributed by atoms with E-state index in [1.165, 1.54) is 12.8 Å². The number of pyridine rings is 2. The Kier molecular flexibility index (Phi) is 6.73. The molecule has 4 aromatic rings. The number of rotatable bonds is 5. The molecule has 2 aliphatic heterocycles. The molecule has 3 fully saturated rings. The molecule has 41 heavy (non-hydrogen) atoms. The smallest absolute Gasteiger partial charge is 0.356 e. The van der Waals surface area contributed by atoms with Crippen LogP contribution in [0, 0.1) is 0 Å². The quantitative estimate of drug-likeness (QED) is 0.325. The van der Waals surface area contributed by atoms with Gasteiger partial charge in [-0.3, -0.25) is 14.3 Å². The van der Waals surface area contributed by atoms with Crippen LogP contribution in [0.1, 0.15) is 44.8 Å². The molecule has 1 saturated carbocycles. The zero-order chi connectivity index (χ0) is 28.1. The molecule has 1 atom stereocenters. The summed E-state index contributed by atoms with van der Waals surface area (Å²) in [4.78, 5) is 23.6. The van der Waals surface area contributed by atoms with Crippen molar-refractivity contribution >= 4 is 27.6 Å². The fourth-order valence-electron chi connectivity index (χ4n) is 6.49. The fourth-order valence-corrected chi connectivity index (χ4v) is 6.49. The van der Waals surface area contributed by atoms with Crippen LogP contribution in [0.3, 0.4) is 0 Å². The van der Waals surface area contributed by atoms with Crippen molar-refractivity contribution in [2.45, 2.75) is 63.5 Å². The highest BCUT2D eigenvalue weighted by molar-refractivity contribution is 6.09. The van der Waals surface area contributed by atoms with Crippen LogP contribution in [0.2, 0.25) is 0 Å². The van der Waals surface area contributed by atoms with Gasteiger partial charge in [0.2, 0.25) is 0 Å². The predicted molar refractivity (Wildman–Crippen MR) is 151 cm³/mol. The number of anilines is 1. The number of halogens is 3. The lowest BCUT2D eigenvalue weighted by Crippen LogP contribution is -2.32. The van der Waals surface area contributed by atoms with Crippen molar-refractivity contribution in [3.63, 3.8) is 0 Å². The molecule has 1 aromatic carbocycles. The van der Waals surface area contributed by atoms with Crippen LogP contribution in [0.4, 0.5) is 19.0 Å². The number of fused-ring (bicyclic) bond motifs is 3. The van der Waals surface area contributed by atoms with Crippen molar-refractivity contribution in [3.8, 4) is 11.3 Å². The van der Waals surface area contributed by atoms with Crippen LogP contribution in [0.25, 0.3) is 33.1 Å². The lowest BCUT2D eigenvalue weighted by Gasteiger charge is -2.24. The summed E-state index contributed by atoms with van der Waals surface area (Å²) in [5, 5.41) is 5.70. The van der Waals surface area contributed by atoms with Gasteiger partial charge in [0.15, 0.2) is 6.23 Å². The van der Waals surface area contributed by atoms with E-state index < -0.39 is 24.5 Å². The number of hydrogen-bond donors (Lipinski definition) is 0. The van der Waals surface area contributed by atoms with Gasteiger partial charge in [-0.05, 0) is 56.7 Å². The summed E-state index contributed by atoms with van der Waals surface area (Å²) in [7, 11) is 0. The van der Waals surface area contributed by atoms with Crippen molar-refractivity contribution < 1.29 is 17.9 Å². The number of benzene rings is 1. The van der Waals surface area contributed by atoms with Crippen LogP contribution < -0.4 is 10.5 Å². The van der Waals surface area contributed by atoms with E-state index in [0.717, 1.165) is 50.0 Å². The molecule has 1 aliphatic carbocycles. The van der Waals surface area contributed by atoms with Crippen molar-refractivity contribution in [3.05, 3.63) is 52.9 Å². The average Bonchev–Trinajstić information content (AvgIpc) is 3.78. The zero-order valence-corrected chi connectivity index (χ0v) is 22.8. The summed E-state index contributed by atoms with van der Waals surface area (Å²) in [5.41, 5.74) is 1.03. The minimum Gasteiger partial charge on any atom is -0.356 e. The third kappa shape index (κ3) is 4.99. The average molecular weight is 567 g/mol. The Labute approximate surface area is 235 Å². The third-order valence-corrected chi connectivity index (χ3v) is 8.52. The van der Waals surface area contributed by atoms with Gasteiger partial charge >= 0.3 is 6.18 Å². The Bertz CT molecular complexity index is 1640. The van der Waals surface area contributed by atoms with Crippen molar-refractivity contribution in [2.24, 2.45) is 0 Å². The maximum atomic E-state index is 14.1. The first-order chi connectivity index (χ1) is 19.9. The van der Waals surface area contributed by atoms with Gasteiger partial charge in [0.25, 0.3) is 5.56 Å². The Hall–Kier alpha value is -3.44. The predicted octanol–water partition coefficient (Wildman–Crippen LogP) is 5.35. The van der Waals surface area contributed by atoms with Gasteiger partial charge < -0.3 is 9.64 Å². The molecule has 1 unspecified atom stereocenters. The SMILES string of the molecule is O=c1c2c(-c3cccnc3N3CCCN(C4CC4)CC3)nn(C3CCCCO3)c2c2ccccc2n1CC(F)(F)F. The highest BCUT2D eigenvalue weighted by atomic mass is 19.4. The summed E-state index contributed by atoms with van der Waals surface area (Å²) in [6.07, 6.45) is 2.81. The van der Waals surface area contributed by atoms with Gasteiger partial charge in [0.05, 0.1) is 16.4 Å². The van der Waals surface area contributed by atoms with Gasteiger partial charge in [-0.25, -0.2) is 9.67 Å². The molecule has 0 spiro atoms. The second-order valence-electron chi connectivity index (χ2n) is 11.3. The molecule has 0 radical (unpaired) electrons. The van der Waals surface area contributed by atoms with E-state index in [4.69, 9.17) is 14.8 Å². The second kappa shape index (κ2) is 10.4. The van der Waals surface area contributed by atoms with Crippen molar-refractivity contribution in [1.29, 1.82) is 0 Å². The maximum absolute atomic E-state index is 14.1. The van der Waals surface area contributed by atoms with Crippen LogP contribution in [-0.2, 0) is 11.3 Å². The molecule has 11 heteroatoms. The molecular weight excluding hydrogens is 533 g/mol. The Balaban J connectivity index is 1.45. The second-order valence-corrected chi connectivity index (χ2v) is 11.3. The molecule has 5 heterocycles. The first kappa shape index (κ1) is 26.5. The number of hydrogen-bond acceptors (Lipinski definition) is 6. The molecule has 0 N–H and O–H groups in total. The van der Waals surface area contributed by atoms with Gasteiger partial charge in [0, 0.05) is 56.0 Å². The van der Waals surface area contributed by atoms with Crippen LogP contribution in [0.5, 0.6) is 0 Å². The number of aromatic nitrogens is 4. The lowest BCUT2D eigenvalue weighted by atomic mass is 10.1.